The summed E-state index contributed by atoms with van der Waals surface area (Å²) in [6.07, 6.45) is 0.895. The van der Waals surface area contributed by atoms with Gasteiger partial charge in [0, 0.05) is 30.2 Å². The van der Waals surface area contributed by atoms with Gasteiger partial charge in [-0.25, -0.2) is 0 Å². The first-order valence-electron chi connectivity index (χ1n) is 6.08. The van der Waals surface area contributed by atoms with Gasteiger partial charge in [-0.3, -0.25) is 0 Å². The summed E-state index contributed by atoms with van der Waals surface area (Å²) in [4.78, 5) is 0. The van der Waals surface area contributed by atoms with Gasteiger partial charge in [-0.05, 0) is 35.6 Å². The second kappa shape index (κ2) is 7.34. The first kappa shape index (κ1) is 15.8. The van der Waals surface area contributed by atoms with Crippen LogP contribution >= 0.6 is 23.2 Å². The maximum absolute atomic E-state index is 6.19. The first-order chi connectivity index (χ1) is 8.44. The predicted octanol–water partition coefficient (Wildman–Crippen LogP) is 3.80. The van der Waals surface area contributed by atoms with Crippen molar-refractivity contribution >= 4 is 23.2 Å². The Kier molecular flexibility index (Phi) is 6.44. The van der Waals surface area contributed by atoms with Gasteiger partial charge in [-0.1, -0.05) is 37.0 Å². The summed E-state index contributed by atoms with van der Waals surface area (Å²) in [6, 6.07) is 5.62. The van der Waals surface area contributed by atoms with E-state index in [1.807, 2.05) is 18.2 Å². The molecule has 0 bridgehead atoms. The number of nitrogens with one attached hydrogen (secondary N) is 1. The molecule has 4 heteroatoms. The number of hydrogen-bond donors (Lipinski definition) is 1. The molecule has 1 aromatic rings. The second-order valence-electron chi connectivity index (χ2n) is 5.25. The third-order valence-electron chi connectivity index (χ3n) is 2.76. The molecule has 0 heterocycles. The van der Waals surface area contributed by atoms with Gasteiger partial charge < -0.3 is 10.1 Å². The van der Waals surface area contributed by atoms with Crippen LogP contribution in [0.25, 0.3) is 0 Å². The summed E-state index contributed by atoms with van der Waals surface area (Å²) in [7, 11) is 1.71. The number of halogens is 2. The molecule has 0 radical (unpaired) electrons. The highest BCUT2D eigenvalue weighted by molar-refractivity contribution is 6.33. The van der Waals surface area contributed by atoms with Crippen LogP contribution in [0.2, 0.25) is 10.0 Å². The Balaban J connectivity index is 2.55. The molecule has 0 saturated carbocycles. The van der Waals surface area contributed by atoms with Crippen molar-refractivity contribution in [1.82, 2.24) is 5.32 Å². The van der Waals surface area contributed by atoms with E-state index < -0.39 is 0 Å². The average molecular weight is 290 g/mol. The Morgan fingerprint density at radius 2 is 2.00 bits per heavy atom. The molecule has 0 saturated heterocycles. The maximum Gasteiger partial charge on any atom is 0.0587 e. The molecular formula is C14H21Cl2NO. The highest BCUT2D eigenvalue weighted by Crippen LogP contribution is 2.28. The average Bonchev–Trinajstić information content (AvgIpc) is 2.29. The van der Waals surface area contributed by atoms with Crippen LogP contribution in [0.4, 0.5) is 0 Å². The number of ether oxygens (including phenoxy) is 1. The van der Waals surface area contributed by atoms with Crippen LogP contribution < -0.4 is 5.32 Å². The van der Waals surface area contributed by atoms with Gasteiger partial charge in [-0.2, -0.15) is 0 Å². The van der Waals surface area contributed by atoms with E-state index in [0.717, 1.165) is 41.7 Å². The number of methoxy groups -OCH3 is 1. The molecule has 102 valence electrons. The Morgan fingerprint density at radius 3 is 2.67 bits per heavy atom. The van der Waals surface area contributed by atoms with Crippen molar-refractivity contribution in [2.24, 2.45) is 5.41 Å². The van der Waals surface area contributed by atoms with Crippen LogP contribution in [0, 0.1) is 5.41 Å². The van der Waals surface area contributed by atoms with Crippen LogP contribution in [0.5, 0.6) is 0 Å². The number of benzene rings is 1. The quantitative estimate of drug-likeness (QED) is 0.771. The summed E-state index contributed by atoms with van der Waals surface area (Å²) in [6.45, 7) is 6.94. The minimum atomic E-state index is 0.127. The standard InChI is InChI=1S/C14H21Cl2NO/c1-14(2,10-17-6-7-18-3)9-11-8-12(15)4-5-13(11)16/h4-5,8,17H,6-7,9-10H2,1-3H3. The molecule has 2 nitrogen and oxygen atoms in total. The largest absolute Gasteiger partial charge is 0.383 e. The van der Waals surface area contributed by atoms with Crippen LogP contribution in [0.3, 0.4) is 0 Å². The van der Waals surface area contributed by atoms with Crippen molar-refractivity contribution in [3.05, 3.63) is 33.8 Å². The summed E-state index contributed by atoms with van der Waals surface area (Å²) >= 11 is 12.2. The first-order valence-corrected chi connectivity index (χ1v) is 6.84. The molecule has 0 atom stereocenters. The van der Waals surface area contributed by atoms with Crippen molar-refractivity contribution in [2.45, 2.75) is 20.3 Å². The van der Waals surface area contributed by atoms with Crippen molar-refractivity contribution in [1.29, 1.82) is 0 Å². The van der Waals surface area contributed by atoms with E-state index in [1.54, 1.807) is 7.11 Å². The SMILES string of the molecule is COCCNCC(C)(C)Cc1cc(Cl)ccc1Cl. The van der Waals surface area contributed by atoms with Gasteiger partial charge in [0.05, 0.1) is 6.61 Å². The number of rotatable bonds is 7. The van der Waals surface area contributed by atoms with Crippen molar-refractivity contribution in [3.8, 4) is 0 Å². The molecule has 1 rings (SSSR count). The van der Waals surface area contributed by atoms with Crippen LogP contribution in [-0.4, -0.2) is 26.8 Å². The van der Waals surface area contributed by atoms with Gasteiger partial charge in [0.2, 0.25) is 0 Å². The predicted molar refractivity (Wildman–Crippen MR) is 78.7 cm³/mol. The van der Waals surface area contributed by atoms with Gasteiger partial charge >= 0.3 is 0 Å². The van der Waals surface area contributed by atoms with E-state index in [0.29, 0.717) is 0 Å². The van der Waals surface area contributed by atoms with Crippen molar-refractivity contribution in [3.63, 3.8) is 0 Å². The third-order valence-corrected chi connectivity index (χ3v) is 3.37. The highest BCUT2D eigenvalue weighted by Gasteiger charge is 2.19. The minimum Gasteiger partial charge on any atom is -0.383 e. The zero-order valence-corrected chi connectivity index (χ0v) is 12.7. The summed E-state index contributed by atoms with van der Waals surface area (Å²) in [5.74, 6) is 0. The topological polar surface area (TPSA) is 21.3 Å². The van der Waals surface area contributed by atoms with E-state index in [1.165, 1.54) is 0 Å². The molecule has 0 aliphatic heterocycles. The van der Waals surface area contributed by atoms with Gasteiger partial charge in [0.15, 0.2) is 0 Å². The molecule has 0 aliphatic carbocycles. The molecule has 1 aromatic carbocycles. The van der Waals surface area contributed by atoms with E-state index in [4.69, 9.17) is 27.9 Å². The molecule has 1 N–H and O–H groups in total. The molecule has 0 fully saturated rings. The normalized spacial score (nSPS) is 11.8. The summed E-state index contributed by atoms with van der Waals surface area (Å²) in [5, 5.41) is 4.90. The molecule has 0 aliphatic rings. The van der Waals surface area contributed by atoms with E-state index in [9.17, 15) is 0 Å². The fraction of sp³-hybridized carbons (Fsp3) is 0.571. The summed E-state index contributed by atoms with van der Waals surface area (Å²) < 4.78 is 5.01. The van der Waals surface area contributed by atoms with Crippen LogP contribution in [0.15, 0.2) is 18.2 Å². The second-order valence-corrected chi connectivity index (χ2v) is 6.09. The van der Waals surface area contributed by atoms with Crippen molar-refractivity contribution in [2.75, 3.05) is 26.8 Å². The lowest BCUT2D eigenvalue weighted by atomic mass is 9.85. The van der Waals surface area contributed by atoms with Crippen molar-refractivity contribution < 1.29 is 4.74 Å². The summed E-state index contributed by atoms with van der Waals surface area (Å²) in [5.41, 5.74) is 1.23. The Morgan fingerprint density at radius 1 is 1.28 bits per heavy atom. The molecule has 0 amide bonds. The van der Waals surface area contributed by atoms with E-state index >= 15 is 0 Å². The van der Waals surface area contributed by atoms with Gasteiger partial charge in [0.25, 0.3) is 0 Å². The smallest absolute Gasteiger partial charge is 0.0587 e. The zero-order chi connectivity index (χ0) is 13.6. The lowest BCUT2D eigenvalue weighted by Crippen LogP contribution is -2.33. The van der Waals surface area contributed by atoms with Crippen LogP contribution in [-0.2, 0) is 11.2 Å². The third kappa shape index (κ3) is 5.57. The lowest BCUT2D eigenvalue weighted by Gasteiger charge is -2.25. The fourth-order valence-corrected chi connectivity index (χ4v) is 2.24. The minimum absolute atomic E-state index is 0.127. The molecule has 0 unspecified atom stereocenters. The maximum atomic E-state index is 6.19. The molecule has 0 spiro atoms. The molecule has 0 aromatic heterocycles. The Labute approximate surface area is 120 Å². The van der Waals surface area contributed by atoms with Crippen LogP contribution in [0.1, 0.15) is 19.4 Å². The monoisotopic (exact) mass is 289 g/mol. The molecule has 18 heavy (non-hydrogen) atoms. The number of hydrogen-bond acceptors (Lipinski definition) is 2. The fourth-order valence-electron chi connectivity index (χ4n) is 1.86. The highest BCUT2D eigenvalue weighted by atomic mass is 35.5. The van der Waals surface area contributed by atoms with Gasteiger partial charge in [0.1, 0.15) is 0 Å². The Hall–Kier alpha value is -0.280. The molecular weight excluding hydrogens is 269 g/mol. The van der Waals surface area contributed by atoms with E-state index in [2.05, 4.69) is 19.2 Å². The lowest BCUT2D eigenvalue weighted by molar-refractivity contribution is 0.194. The van der Waals surface area contributed by atoms with Gasteiger partial charge in [-0.15, -0.1) is 0 Å². The van der Waals surface area contributed by atoms with E-state index in [-0.39, 0.29) is 5.41 Å². The Bertz CT molecular complexity index is 380. The zero-order valence-electron chi connectivity index (χ0n) is 11.2.